The Morgan fingerprint density at radius 3 is 2.65 bits per heavy atom. The number of halogens is 3. The smallest absolute Gasteiger partial charge is 0.246 e. The summed E-state index contributed by atoms with van der Waals surface area (Å²) in [6.45, 7) is 8.44. The number of anilines is 2. The van der Waals surface area contributed by atoms with Crippen molar-refractivity contribution in [2.75, 3.05) is 44.8 Å². The highest BCUT2D eigenvalue weighted by atomic mass is 35.5. The van der Waals surface area contributed by atoms with Gasteiger partial charge in [-0.25, -0.2) is 14.4 Å². The first kappa shape index (κ1) is 29.9. The molecule has 2 aromatic carbocycles. The molecule has 12 heteroatoms. The summed E-state index contributed by atoms with van der Waals surface area (Å²) < 4.78 is 33.3. The SMILES string of the molecule is C=CC(=O)N1[C@@H]2CC[C@H]1C[C@H](Oc1cc3c(Nc4ccc(Cl)c(Cl)c4F)ncnc3cc1OCCCN1CCOCC1)C2. The van der Waals surface area contributed by atoms with Crippen molar-refractivity contribution in [3.8, 4) is 11.5 Å². The molecule has 228 valence electrons. The zero-order chi connectivity index (χ0) is 29.9. The van der Waals surface area contributed by atoms with E-state index in [9.17, 15) is 9.18 Å². The van der Waals surface area contributed by atoms with Crippen molar-refractivity contribution in [1.29, 1.82) is 0 Å². The van der Waals surface area contributed by atoms with Gasteiger partial charge in [0.2, 0.25) is 5.91 Å². The molecular weight excluding hydrogens is 596 g/mol. The van der Waals surface area contributed by atoms with E-state index >= 15 is 0 Å². The molecule has 2 bridgehead atoms. The summed E-state index contributed by atoms with van der Waals surface area (Å²) in [7, 11) is 0. The zero-order valence-electron chi connectivity index (χ0n) is 23.7. The van der Waals surface area contributed by atoms with Crippen LogP contribution in [0, 0.1) is 5.82 Å². The van der Waals surface area contributed by atoms with Crippen LogP contribution in [0.15, 0.2) is 43.2 Å². The van der Waals surface area contributed by atoms with Crippen LogP contribution in [0.5, 0.6) is 11.5 Å². The van der Waals surface area contributed by atoms with Crippen molar-refractivity contribution in [1.82, 2.24) is 19.8 Å². The molecule has 3 saturated heterocycles. The molecule has 0 radical (unpaired) electrons. The molecule has 0 aliphatic carbocycles. The third-order valence-corrected chi connectivity index (χ3v) is 9.16. The molecule has 4 heterocycles. The standard InChI is InChI=1S/C31H34Cl2FN5O4/c1-2-28(40)39-19-4-5-20(39)15-21(14-19)43-27-16-22-25(17-26(27)42-11-3-8-38-9-12-41-13-10-38)35-18-36-31(22)37-24-7-6-23(32)29(33)30(24)34/h2,6-7,16-21H,1,3-5,8-15H2,(H,35,36,37)/t19-,20+,21-. The number of hydrogen-bond donors (Lipinski definition) is 1. The summed E-state index contributed by atoms with van der Waals surface area (Å²) in [5.74, 6) is 0.825. The van der Waals surface area contributed by atoms with E-state index < -0.39 is 5.82 Å². The minimum Gasteiger partial charge on any atom is -0.490 e. The predicted octanol–water partition coefficient (Wildman–Crippen LogP) is 6.01. The molecule has 9 nitrogen and oxygen atoms in total. The van der Waals surface area contributed by atoms with Crippen molar-refractivity contribution in [2.45, 2.75) is 50.3 Å². The average molecular weight is 631 g/mol. The molecule has 3 fully saturated rings. The minimum absolute atomic E-state index is 0.0247. The number of hydrogen-bond acceptors (Lipinski definition) is 8. The number of piperidine rings is 1. The molecular formula is C31H34Cl2FN5O4. The lowest BCUT2D eigenvalue weighted by molar-refractivity contribution is -0.131. The largest absolute Gasteiger partial charge is 0.490 e. The summed E-state index contributed by atoms with van der Waals surface area (Å²) in [6.07, 6.45) is 6.87. The second-order valence-corrected chi connectivity index (χ2v) is 11.9. The summed E-state index contributed by atoms with van der Waals surface area (Å²) in [5, 5.41) is 3.62. The van der Waals surface area contributed by atoms with Crippen LogP contribution in [0.3, 0.4) is 0 Å². The summed E-state index contributed by atoms with van der Waals surface area (Å²) in [4.78, 5) is 25.6. The van der Waals surface area contributed by atoms with E-state index in [4.69, 9.17) is 37.4 Å². The number of morpholine rings is 1. The van der Waals surface area contributed by atoms with Crippen molar-refractivity contribution in [2.24, 2.45) is 0 Å². The Labute approximate surface area is 259 Å². The van der Waals surface area contributed by atoms with Gasteiger partial charge >= 0.3 is 0 Å². The van der Waals surface area contributed by atoms with Crippen LogP contribution in [0.4, 0.5) is 15.9 Å². The lowest BCUT2D eigenvalue weighted by Crippen LogP contribution is -2.48. The fraction of sp³-hybridized carbons (Fsp3) is 0.452. The molecule has 0 unspecified atom stereocenters. The van der Waals surface area contributed by atoms with E-state index in [0.717, 1.165) is 65.0 Å². The van der Waals surface area contributed by atoms with Gasteiger partial charge in [-0.1, -0.05) is 29.8 Å². The number of nitrogens with zero attached hydrogens (tertiary/aromatic N) is 4. The predicted molar refractivity (Wildman–Crippen MR) is 164 cm³/mol. The summed E-state index contributed by atoms with van der Waals surface area (Å²) in [5.41, 5.74) is 0.746. The molecule has 1 amide bonds. The van der Waals surface area contributed by atoms with Gasteiger partial charge in [0.25, 0.3) is 0 Å². The number of benzene rings is 2. The molecule has 1 aromatic heterocycles. The lowest BCUT2D eigenvalue weighted by atomic mass is 9.99. The maximum absolute atomic E-state index is 14.9. The van der Waals surface area contributed by atoms with E-state index in [2.05, 4.69) is 26.8 Å². The Bertz CT molecular complexity index is 1490. The van der Waals surface area contributed by atoms with E-state index in [1.807, 2.05) is 17.0 Å². The van der Waals surface area contributed by atoms with Crippen LogP contribution in [0.25, 0.3) is 10.9 Å². The Hall–Kier alpha value is -3.18. The van der Waals surface area contributed by atoms with Crippen molar-refractivity contribution in [3.63, 3.8) is 0 Å². The van der Waals surface area contributed by atoms with Crippen LogP contribution in [-0.4, -0.2) is 83.3 Å². The number of carbonyl (C=O) groups excluding carboxylic acids is 1. The molecule has 0 spiro atoms. The third kappa shape index (κ3) is 6.52. The number of rotatable bonds is 10. The first-order chi connectivity index (χ1) is 20.9. The van der Waals surface area contributed by atoms with Crippen LogP contribution < -0.4 is 14.8 Å². The molecule has 0 saturated carbocycles. The summed E-state index contributed by atoms with van der Waals surface area (Å²) >= 11 is 12.0. The molecule has 3 atom stereocenters. The molecule has 6 rings (SSSR count). The van der Waals surface area contributed by atoms with Gasteiger partial charge in [0.1, 0.15) is 18.2 Å². The fourth-order valence-electron chi connectivity index (χ4n) is 6.28. The van der Waals surface area contributed by atoms with Crippen LogP contribution >= 0.6 is 23.2 Å². The van der Waals surface area contributed by atoms with Crippen molar-refractivity contribution in [3.05, 3.63) is 59.1 Å². The van der Waals surface area contributed by atoms with Crippen LogP contribution in [-0.2, 0) is 9.53 Å². The number of aromatic nitrogens is 2. The van der Waals surface area contributed by atoms with E-state index in [-0.39, 0.29) is 39.8 Å². The average Bonchev–Trinajstić information content (AvgIpc) is 3.29. The topological polar surface area (TPSA) is 89.0 Å². The Kier molecular flexibility index (Phi) is 9.18. The molecule has 43 heavy (non-hydrogen) atoms. The Balaban J connectivity index is 1.26. The highest BCUT2D eigenvalue weighted by molar-refractivity contribution is 6.42. The minimum atomic E-state index is -0.672. The highest BCUT2D eigenvalue weighted by Gasteiger charge is 2.43. The number of amides is 1. The number of fused-ring (bicyclic) bond motifs is 3. The van der Waals surface area contributed by atoms with Crippen molar-refractivity contribution >= 4 is 51.5 Å². The van der Waals surface area contributed by atoms with Crippen LogP contribution in [0.1, 0.15) is 32.1 Å². The maximum atomic E-state index is 14.9. The second-order valence-electron chi connectivity index (χ2n) is 11.1. The normalized spacial score (nSPS) is 22.0. The van der Waals surface area contributed by atoms with Crippen LogP contribution in [0.2, 0.25) is 10.0 Å². The number of ether oxygens (including phenoxy) is 3. The van der Waals surface area contributed by atoms with Gasteiger partial charge < -0.3 is 24.4 Å². The Morgan fingerprint density at radius 2 is 1.91 bits per heavy atom. The van der Waals surface area contributed by atoms with Gasteiger partial charge in [-0.3, -0.25) is 9.69 Å². The van der Waals surface area contributed by atoms with Gasteiger partial charge in [0.05, 0.1) is 41.1 Å². The first-order valence-corrected chi connectivity index (χ1v) is 15.4. The Morgan fingerprint density at radius 1 is 1.14 bits per heavy atom. The zero-order valence-corrected chi connectivity index (χ0v) is 25.2. The van der Waals surface area contributed by atoms with E-state index in [1.165, 1.54) is 24.5 Å². The first-order valence-electron chi connectivity index (χ1n) is 14.6. The van der Waals surface area contributed by atoms with Crippen molar-refractivity contribution < 1.29 is 23.4 Å². The van der Waals surface area contributed by atoms with E-state index in [0.29, 0.717) is 34.8 Å². The second kappa shape index (κ2) is 13.2. The van der Waals surface area contributed by atoms with Gasteiger partial charge in [0, 0.05) is 56.0 Å². The van der Waals surface area contributed by atoms with Gasteiger partial charge in [-0.05, 0) is 43.5 Å². The van der Waals surface area contributed by atoms with E-state index in [1.54, 1.807) is 0 Å². The molecule has 3 aliphatic rings. The summed E-state index contributed by atoms with van der Waals surface area (Å²) in [6, 6.07) is 6.94. The van der Waals surface area contributed by atoms with Gasteiger partial charge in [-0.2, -0.15) is 0 Å². The highest BCUT2D eigenvalue weighted by Crippen LogP contribution is 2.41. The lowest BCUT2D eigenvalue weighted by Gasteiger charge is -2.38. The maximum Gasteiger partial charge on any atom is 0.246 e. The van der Waals surface area contributed by atoms with Gasteiger partial charge in [0.15, 0.2) is 17.3 Å². The molecule has 3 aromatic rings. The number of carbonyl (C=O) groups is 1. The molecule has 1 N–H and O–H groups in total. The third-order valence-electron chi connectivity index (χ3n) is 8.38. The monoisotopic (exact) mass is 629 g/mol. The molecule has 3 aliphatic heterocycles. The number of nitrogens with one attached hydrogen (secondary N) is 1. The van der Waals surface area contributed by atoms with Gasteiger partial charge in [-0.15, -0.1) is 0 Å². The quantitative estimate of drug-likeness (QED) is 0.166. The fourth-order valence-corrected chi connectivity index (χ4v) is 6.59.